The monoisotopic (exact) mass is 234 g/mol. The average Bonchev–Trinajstić information content (AvgIpc) is 2.59. The van der Waals surface area contributed by atoms with Crippen LogP contribution in [0.25, 0.3) is 5.57 Å². The van der Waals surface area contributed by atoms with E-state index in [-0.39, 0.29) is 12.0 Å². The quantitative estimate of drug-likeness (QED) is 0.828. The topological polar surface area (TPSA) is 20.2 Å². The molecule has 0 saturated carbocycles. The van der Waals surface area contributed by atoms with Crippen molar-refractivity contribution in [3.8, 4) is 0 Å². The molecule has 1 nitrogen and oxygen atoms in total. The maximum absolute atomic E-state index is 9.69. The second kappa shape index (κ2) is 4.44. The Morgan fingerprint density at radius 1 is 1.38 bits per heavy atom. The molecular formula is C14H15ClO. The number of hydrogen-bond donors (Lipinski definition) is 1. The highest BCUT2D eigenvalue weighted by Crippen LogP contribution is 2.33. The molecule has 0 aliphatic heterocycles. The SMILES string of the molecule is C=C(C1=C[C@@H](C)[C@@H](O)C1)c1ccc(Cl)cc1. The van der Waals surface area contributed by atoms with Crippen molar-refractivity contribution in [3.05, 3.63) is 53.1 Å². The fourth-order valence-corrected chi connectivity index (χ4v) is 2.09. The summed E-state index contributed by atoms with van der Waals surface area (Å²) in [6.45, 7) is 6.10. The summed E-state index contributed by atoms with van der Waals surface area (Å²) in [6, 6.07) is 7.64. The van der Waals surface area contributed by atoms with Gasteiger partial charge in [-0.3, -0.25) is 0 Å². The largest absolute Gasteiger partial charge is 0.392 e. The number of allylic oxidation sites excluding steroid dienone is 1. The van der Waals surface area contributed by atoms with Gasteiger partial charge in [0.1, 0.15) is 0 Å². The zero-order chi connectivity index (χ0) is 11.7. The molecule has 2 heteroatoms. The first kappa shape index (κ1) is 11.4. The highest BCUT2D eigenvalue weighted by Gasteiger charge is 2.23. The van der Waals surface area contributed by atoms with Crippen LogP contribution in [0.4, 0.5) is 0 Å². The second-order valence-corrected chi connectivity index (χ2v) is 4.74. The van der Waals surface area contributed by atoms with E-state index in [0.29, 0.717) is 6.42 Å². The zero-order valence-corrected chi connectivity index (χ0v) is 10.0. The van der Waals surface area contributed by atoms with Crippen molar-refractivity contribution in [2.24, 2.45) is 5.92 Å². The third-order valence-electron chi connectivity index (χ3n) is 3.08. The molecule has 84 valence electrons. The maximum atomic E-state index is 9.69. The van der Waals surface area contributed by atoms with E-state index in [1.807, 2.05) is 31.2 Å². The Kier molecular flexibility index (Phi) is 3.17. The molecule has 2 atom stereocenters. The molecule has 1 aliphatic rings. The lowest BCUT2D eigenvalue weighted by Crippen LogP contribution is -2.09. The van der Waals surface area contributed by atoms with Crippen molar-refractivity contribution >= 4 is 17.2 Å². The molecule has 0 aromatic heterocycles. The van der Waals surface area contributed by atoms with Gasteiger partial charge >= 0.3 is 0 Å². The zero-order valence-electron chi connectivity index (χ0n) is 9.28. The van der Waals surface area contributed by atoms with Gasteiger partial charge in [0.05, 0.1) is 6.10 Å². The van der Waals surface area contributed by atoms with E-state index in [9.17, 15) is 5.11 Å². The number of halogens is 1. The van der Waals surface area contributed by atoms with E-state index in [1.54, 1.807) is 0 Å². The third kappa shape index (κ3) is 2.21. The predicted octanol–water partition coefficient (Wildman–Crippen LogP) is 3.68. The minimum atomic E-state index is -0.265. The Morgan fingerprint density at radius 2 is 2.00 bits per heavy atom. The van der Waals surface area contributed by atoms with Gasteiger partial charge < -0.3 is 5.11 Å². The first-order valence-corrected chi connectivity index (χ1v) is 5.79. The molecule has 1 aromatic carbocycles. The van der Waals surface area contributed by atoms with Gasteiger partial charge in [-0.15, -0.1) is 0 Å². The lowest BCUT2D eigenvalue weighted by atomic mass is 9.99. The number of benzene rings is 1. The Morgan fingerprint density at radius 3 is 2.50 bits per heavy atom. The molecule has 0 fully saturated rings. The van der Waals surface area contributed by atoms with E-state index in [1.165, 1.54) is 0 Å². The van der Waals surface area contributed by atoms with Crippen LogP contribution in [-0.2, 0) is 0 Å². The van der Waals surface area contributed by atoms with Gasteiger partial charge in [0.2, 0.25) is 0 Å². The third-order valence-corrected chi connectivity index (χ3v) is 3.33. The van der Waals surface area contributed by atoms with Crippen molar-refractivity contribution < 1.29 is 5.11 Å². The first-order valence-electron chi connectivity index (χ1n) is 5.42. The molecule has 0 heterocycles. The summed E-state index contributed by atoms with van der Waals surface area (Å²) >= 11 is 5.84. The van der Waals surface area contributed by atoms with Gasteiger partial charge in [0.25, 0.3) is 0 Å². The first-order chi connectivity index (χ1) is 7.58. The predicted molar refractivity (Wildman–Crippen MR) is 68.4 cm³/mol. The Labute approximate surface area is 101 Å². The van der Waals surface area contributed by atoms with Gasteiger partial charge in [-0.2, -0.15) is 0 Å². The summed E-state index contributed by atoms with van der Waals surface area (Å²) in [5.74, 6) is 0.221. The smallest absolute Gasteiger partial charge is 0.0640 e. The van der Waals surface area contributed by atoms with Crippen LogP contribution >= 0.6 is 11.6 Å². The van der Waals surface area contributed by atoms with Gasteiger partial charge in [0.15, 0.2) is 0 Å². The van der Waals surface area contributed by atoms with Gasteiger partial charge in [-0.05, 0) is 35.3 Å². The van der Waals surface area contributed by atoms with Crippen LogP contribution in [-0.4, -0.2) is 11.2 Å². The van der Waals surface area contributed by atoms with Crippen LogP contribution in [0.15, 0.2) is 42.5 Å². The highest BCUT2D eigenvalue weighted by atomic mass is 35.5. The summed E-state index contributed by atoms with van der Waals surface area (Å²) in [7, 11) is 0. The Bertz CT molecular complexity index is 431. The van der Waals surface area contributed by atoms with Crippen molar-refractivity contribution in [1.29, 1.82) is 0 Å². The van der Waals surface area contributed by atoms with Gasteiger partial charge in [-0.1, -0.05) is 43.3 Å². The molecular weight excluding hydrogens is 220 g/mol. The van der Waals surface area contributed by atoms with Crippen molar-refractivity contribution in [3.63, 3.8) is 0 Å². The number of aliphatic hydroxyl groups is 1. The Balaban J connectivity index is 2.21. The molecule has 16 heavy (non-hydrogen) atoms. The fourth-order valence-electron chi connectivity index (χ4n) is 1.97. The molecule has 0 radical (unpaired) electrons. The van der Waals surface area contributed by atoms with Crippen LogP contribution in [0.1, 0.15) is 18.9 Å². The Hall–Kier alpha value is -1.05. The summed E-state index contributed by atoms with van der Waals surface area (Å²) in [5.41, 5.74) is 3.19. The van der Waals surface area contributed by atoms with E-state index in [4.69, 9.17) is 11.6 Å². The van der Waals surface area contributed by atoms with E-state index in [0.717, 1.165) is 21.7 Å². The summed E-state index contributed by atoms with van der Waals surface area (Å²) < 4.78 is 0. The van der Waals surface area contributed by atoms with Crippen LogP contribution < -0.4 is 0 Å². The molecule has 0 amide bonds. The second-order valence-electron chi connectivity index (χ2n) is 4.31. The summed E-state index contributed by atoms with van der Waals surface area (Å²) in [5, 5.41) is 10.4. The standard InChI is InChI=1S/C14H15ClO/c1-9-7-12(8-14(9)16)10(2)11-3-5-13(15)6-4-11/h3-7,9,14,16H,2,8H2,1H3/t9-,14+/m1/s1. The van der Waals surface area contributed by atoms with Crippen LogP contribution in [0, 0.1) is 5.92 Å². The van der Waals surface area contributed by atoms with Crippen LogP contribution in [0.2, 0.25) is 5.02 Å². The summed E-state index contributed by atoms with van der Waals surface area (Å²) in [4.78, 5) is 0. The normalized spacial score (nSPS) is 24.3. The van der Waals surface area contributed by atoms with Crippen molar-refractivity contribution in [2.75, 3.05) is 0 Å². The van der Waals surface area contributed by atoms with Crippen LogP contribution in [0.3, 0.4) is 0 Å². The molecule has 0 bridgehead atoms. The minimum absolute atomic E-state index is 0.221. The van der Waals surface area contributed by atoms with E-state index >= 15 is 0 Å². The number of rotatable bonds is 2. The molecule has 0 saturated heterocycles. The lowest BCUT2D eigenvalue weighted by molar-refractivity contribution is 0.150. The lowest BCUT2D eigenvalue weighted by Gasteiger charge is -2.08. The number of hydrogen-bond acceptors (Lipinski definition) is 1. The molecule has 2 rings (SSSR count). The van der Waals surface area contributed by atoms with E-state index < -0.39 is 0 Å². The average molecular weight is 235 g/mol. The van der Waals surface area contributed by atoms with Crippen molar-refractivity contribution in [2.45, 2.75) is 19.4 Å². The molecule has 1 aromatic rings. The summed E-state index contributed by atoms with van der Waals surface area (Å²) in [6.07, 6.45) is 2.53. The van der Waals surface area contributed by atoms with Crippen LogP contribution in [0.5, 0.6) is 0 Å². The minimum Gasteiger partial charge on any atom is -0.392 e. The molecule has 1 aliphatic carbocycles. The highest BCUT2D eigenvalue weighted by molar-refractivity contribution is 6.30. The molecule has 0 unspecified atom stereocenters. The van der Waals surface area contributed by atoms with Gasteiger partial charge in [0, 0.05) is 10.9 Å². The maximum Gasteiger partial charge on any atom is 0.0640 e. The molecule has 0 spiro atoms. The van der Waals surface area contributed by atoms with Gasteiger partial charge in [-0.25, -0.2) is 0 Å². The number of aliphatic hydroxyl groups excluding tert-OH is 1. The fraction of sp³-hybridized carbons (Fsp3) is 0.286. The van der Waals surface area contributed by atoms with Crippen molar-refractivity contribution in [1.82, 2.24) is 0 Å². The molecule has 1 N–H and O–H groups in total. The van der Waals surface area contributed by atoms with E-state index in [2.05, 4.69) is 12.7 Å².